The molecule has 1 amide bonds. The summed E-state index contributed by atoms with van der Waals surface area (Å²) in [5, 5.41) is 4.24. The van der Waals surface area contributed by atoms with Gasteiger partial charge in [-0.15, -0.1) is 0 Å². The third-order valence-electron chi connectivity index (χ3n) is 3.46. The molecule has 1 aliphatic heterocycles. The maximum Gasteiger partial charge on any atom is 0.240 e. The summed E-state index contributed by atoms with van der Waals surface area (Å²) in [6.07, 6.45) is 3.51. The standard InChI is InChI=1S/C12H18N4O2/c1-8-9(7-17)12(15(2)14-8)16-6-4-3-5-10(16)11(13)18/h7,10H,3-6H2,1-2H3,(H2,13,18). The van der Waals surface area contributed by atoms with Gasteiger partial charge in [-0.2, -0.15) is 5.10 Å². The van der Waals surface area contributed by atoms with E-state index in [2.05, 4.69) is 5.10 Å². The predicted molar refractivity (Wildman–Crippen MR) is 67.5 cm³/mol. The quantitative estimate of drug-likeness (QED) is 0.787. The molecular formula is C12H18N4O2. The van der Waals surface area contributed by atoms with Crippen molar-refractivity contribution in [2.45, 2.75) is 32.2 Å². The maximum atomic E-state index is 11.5. The summed E-state index contributed by atoms with van der Waals surface area (Å²) < 4.78 is 1.65. The fourth-order valence-corrected chi connectivity index (χ4v) is 2.62. The first-order chi connectivity index (χ1) is 8.56. The molecule has 1 unspecified atom stereocenters. The second-order valence-electron chi connectivity index (χ2n) is 4.67. The average Bonchev–Trinajstić information content (AvgIpc) is 2.63. The molecule has 2 rings (SSSR count). The van der Waals surface area contributed by atoms with Gasteiger partial charge in [-0.1, -0.05) is 0 Å². The molecule has 1 aromatic heterocycles. The molecule has 2 N–H and O–H groups in total. The molecule has 1 atom stereocenters. The Balaban J connectivity index is 2.45. The van der Waals surface area contributed by atoms with Crippen molar-refractivity contribution < 1.29 is 9.59 Å². The second-order valence-corrected chi connectivity index (χ2v) is 4.67. The van der Waals surface area contributed by atoms with Crippen molar-refractivity contribution in [3.8, 4) is 0 Å². The molecule has 0 saturated carbocycles. The van der Waals surface area contributed by atoms with Crippen molar-refractivity contribution >= 4 is 18.0 Å². The first kappa shape index (κ1) is 12.6. The Morgan fingerprint density at radius 2 is 2.22 bits per heavy atom. The van der Waals surface area contributed by atoms with Crippen molar-refractivity contribution in [3.63, 3.8) is 0 Å². The van der Waals surface area contributed by atoms with E-state index in [1.807, 2.05) is 4.90 Å². The Hall–Kier alpha value is -1.85. The highest BCUT2D eigenvalue weighted by atomic mass is 16.1. The summed E-state index contributed by atoms with van der Waals surface area (Å²) in [4.78, 5) is 24.6. The highest BCUT2D eigenvalue weighted by molar-refractivity contribution is 5.89. The third kappa shape index (κ3) is 1.98. The zero-order valence-electron chi connectivity index (χ0n) is 10.7. The molecule has 2 heterocycles. The van der Waals surface area contributed by atoms with Crippen LogP contribution < -0.4 is 10.6 Å². The molecule has 6 nitrogen and oxygen atoms in total. The molecule has 6 heteroatoms. The van der Waals surface area contributed by atoms with E-state index in [1.54, 1.807) is 18.7 Å². The Morgan fingerprint density at radius 1 is 1.50 bits per heavy atom. The number of piperidine rings is 1. The van der Waals surface area contributed by atoms with Crippen LogP contribution in [-0.2, 0) is 11.8 Å². The summed E-state index contributed by atoms with van der Waals surface area (Å²) in [5.41, 5.74) is 6.67. The zero-order valence-corrected chi connectivity index (χ0v) is 10.7. The Labute approximate surface area is 106 Å². The Bertz CT molecular complexity index is 481. The van der Waals surface area contributed by atoms with Gasteiger partial charge in [0, 0.05) is 13.6 Å². The number of carbonyl (C=O) groups excluding carboxylic acids is 2. The van der Waals surface area contributed by atoms with Gasteiger partial charge in [-0.25, -0.2) is 0 Å². The fourth-order valence-electron chi connectivity index (χ4n) is 2.62. The van der Waals surface area contributed by atoms with E-state index in [9.17, 15) is 9.59 Å². The molecule has 0 spiro atoms. The number of amides is 1. The number of hydrogen-bond acceptors (Lipinski definition) is 4. The van der Waals surface area contributed by atoms with Crippen molar-refractivity contribution in [2.75, 3.05) is 11.4 Å². The number of aryl methyl sites for hydroxylation is 2. The number of carbonyl (C=O) groups is 2. The van der Waals surface area contributed by atoms with Gasteiger partial charge < -0.3 is 10.6 Å². The number of rotatable bonds is 3. The number of aldehydes is 1. The Morgan fingerprint density at radius 3 is 2.83 bits per heavy atom. The molecule has 1 fully saturated rings. The predicted octanol–water partition coefficient (Wildman–Crippen LogP) is 0.385. The average molecular weight is 250 g/mol. The number of aromatic nitrogens is 2. The molecule has 0 aromatic carbocycles. The van der Waals surface area contributed by atoms with Crippen molar-refractivity contribution in [1.82, 2.24) is 9.78 Å². The van der Waals surface area contributed by atoms with Gasteiger partial charge in [0.05, 0.1) is 11.3 Å². The van der Waals surface area contributed by atoms with Crippen molar-refractivity contribution in [2.24, 2.45) is 12.8 Å². The smallest absolute Gasteiger partial charge is 0.240 e. The summed E-state index contributed by atoms with van der Waals surface area (Å²) in [6.45, 7) is 2.52. The topological polar surface area (TPSA) is 81.2 Å². The monoisotopic (exact) mass is 250 g/mol. The summed E-state index contributed by atoms with van der Waals surface area (Å²) in [7, 11) is 1.78. The third-order valence-corrected chi connectivity index (χ3v) is 3.46. The lowest BCUT2D eigenvalue weighted by Crippen LogP contribution is -2.48. The number of primary amides is 1. The van der Waals surface area contributed by atoms with Gasteiger partial charge in [0.1, 0.15) is 11.9 Å². The number of nitrogens with two attached hydrogens (primary N) is 1. The lowest BCUT2D eigenvalue weighted by molar-refractivity contribution is -0.119. The van der Waals surface area contributed by atoms with Gasteiger partial charge in [0.15, 0.2) is 6.29 Å². The van der Waals surface area contributed by atoms with E-state index in [-0.39, 0.29) is 11.9 Å². The summed E-state index contributed by atoms with van der Waals surface area (Å²) >= 11 is 0. The number of anilines is 1. The number of nitrogens with zero attached hydrogens (tertiary/aromatic N) is 3. The van der Waals surface area contributed by atoms with Crippen LogP contribution in [0, 0.1) is 6.92 Å². The molecule has 1 saturated heterocycles. The van der Waals surface area contributed by atoms with Crippen LogP contribution in [0.5, 0.6) is 0 Å². The van der Waals surface area contributed by atoms with Gasteiger partial charge in [0.2, 0.25) is 5.91 Å². The largest absolute Gasteiger partial charge is 0.368 e. The van der Waals surface area contributed by atoms with Gasteiger partial charge >= 0.3 is 0 Å². The Kier molecular flexibility index (Phi) is 3.36. The summed E-state index contributed by atoms with van der Waals surface area (Å²) in [5.74, 6) is 0.358. The molecular weight excluding hydrogens is 232 g/mol. The zero-order chi connectivity index (χ0) is 13.3. The van der Waals surface area contributed by atoms with Crippen LogP contribution in [-0.4, -0.2) is 34.6 Å². The molecule has 0 bridgehead atoms. The van der Waals surface area contributed by atoms with Crippen molar-refractivity contribution in [3.05, 3.63) is 11.3 Å². The molecule has 0 aliphatic carbocycles. The van der Waals surface area contributed by atoms with Crippen LogP contribution >= 0.6 is 0 Å². The lowest BCUT2D eigenvalue weighted by Gasteiger charge is -2.35. The van der Waals surface area contributed by atoms with Crippen LogP contribution in [0.4, 0.5) is 5.82 Å². The van der Waals surface area contributed by atoms with Crippen molar-refractivity contribution in [1.29, 1.82) is 0 Å². The van der Waals surface area contributed by atoms with E-state index < -0.39 is 0 Å². The maximum absolute atomic E-state index is 11.5. The minimum Gasteiger partial charge on any atom is -0.368 e. The van der Waals surface area contributed by atoms with E-state index in [1.165, 1.54) is 0 Å². The van der Waals surface area contributed by atoms with Crippen LogP contribution in [0.15, 0.2) is 0 Å². The fraction of sp³-hybridized carbons (Fsp3) is 0.583. The van der Waals surface area contributed by atoms with Crippen LogP contribution in [0.25, 0.3) is 0 Å². The van der Waals surface area contributed by atoms with Crippen LogP contribution in [0.2, 0.25) is 0 Å². The van der Waals surface area contributed by atoms with Crippen LogP contribution in [0.3, 0.4) is 0 Å². The first-order valence-corrected chi connectivity index (χ1v) is 6.11. The highest BCUT2D eigenvalue weighted by Gasteiger charge is 2.31. The number of hydrogen-bond donors (Lipinski definition) is 1. The van der Waals surface area contributed by atoms with Gasteiger partial charge in [-0.3, -0.25) is 14.3 Å². The lowest BCUT2D eigenvalue weighted by atomic mass is 10.0. The van der Waals surface area contributed by atoms with Gasteiger partial charge in [0.25, 0.3) is 0 Å². The van der Waals surface area contributed by atoms with Gasteiger partial charge in [-0.05, 0) is 26.2 Å². The highest BCUT2D eigenvalue weighted by Crippen LogP contribution is 2.28. The van der Waals surface area contributed by atoms with Crippen LogP contribution in [0.1, 0.15) is 35.3 Å². The first-order valence-electron chi connectivity index (χ1n) is 6.11. The SMILES string of the molecule is Cc1nn(C)c(N2CCCCC2C(N)=O)c1C=O. The molecule has 98 valence electrons. The van der Waals surface area contributed by atoms with E-state index >= 15 is 0 Å². The summed E-state index contributed by atoms with van der Waals surface area (Å²) in [6, 6.07) is -0.341. The normalized spacial score (nSPS) is 19.9. The van der Waals surface area contributed by atoms with E-state index in [0.29, 0.717) is 17.1 Å². The molecule has 1 aromatic rings. The van der Waals surface area contributed by atoms with E-state index in [4.69, 9.17) is 5.73 Å². The second kappa shape index (κ2) is 4.80. The molecule has 0 radical (unpaired) electrons. The minimum atomic E-state index is -0.342. The van der Waals surface area contributed by atoms with E-state index in [0.717, 1.165) is 32.1 Å². The minimum absolute atomic E-state index is 0.341. The molecule has 18 heavy (non-hydrogen) atoms. The molecule has 1 aliphatic rings.